The zero-order valence-electron chi connectivity index (χ0n) is 10.9. The molecule has 1 aromatic heterocycles. The molecule has 0 amide bonds. The summed E-state index contributed by atoms with van der Waals surface area (Å²) in [6.07, 6.45) is 2.22. The summed E-state index contributed by atoms with van der Waals surface area (Å²) in [6, 6.07) is 1.75. The van der Waals surface area contributed by atoms with Crippen LogP contribution in [0.3, 0.4) is 0 Å². The van der Waals surface area contributed by atoms with Gasteiger partial charge in [-0.15, -0.1) is 0 Å². The first-order valence-electron chi connectivity index (χ1n) is 6.48. The lowest BCUT2D eigenvalue weighted by molar-refractivity contribution is -0.180. The lowest BCUT2D eigenvalue weighted by atomic mass is 10.2. The number of ether oxygens (including phenoxy) is 3. The smallest absolute Gasteiger partial charge is 0.356 e. The van der Waals surface area contributed by atoms with Gasteiger partial charge < -0.3 is 19.2 Å². The van der Waals surface area contributed by atoms with Crippen molar-refractivity contribution < 1.29 is 19.0 Å². The summed E-state index contributed by atoms with van der Waals surface area (Å²) in [5, 5.41) is 0.388. The third-order valence-electron chi connectivity index (χ3n) is 2.85. The predicted molar refractivity (Wildman–Crippen MR) is 70.4 cm³/mol. The van der Waals surface area contributed by atoms with Crippen LogP contribution in [-0.2, 0) is 20.6 Å². The number of hydrogen-bond acceptors (Lipinski definition) is 4. The molecule has 1 saturated heterocycles. The minimum absolute atomic E-state index is 0.165. The van der Waals surface area contributed by atoms with E-state index in [9.17, 15) is 4.79 Å². The molecule has 2 rings (SSSR count). The van der Waals surface area contributed by atoms with Gasteiger partial charge in [-0.3, -0.25) is 0 Å². The minimum Gasteiger partial charge on any atom is -0.461 e. The fourth-order valence-electron chi connectivity index (χ4n) is 1.94. The van der Waals surface area contributed by atoms with Crippen molar-refractivity contribution in [3.05, 3.63) is 22.5 Å². The summed E-state index contributed by atoms with van der Waals surface area (Å²) in [5.41, 5.74) is 1.19. The van der Waals surface area contributed by atoms with Crippen LogP contribution >= 0.6 is 11.6 Å². The highest BCUT2D eigenvalue weighted by molar-refractivity contribution is 6.33. The summed E-state index contributed by atoms with van der Waals surface area (Å²) in [7, 11) is 0. The van der Waals surface area contributed by atoms with Crippen molar-refractivity contribution in [1.29, 1.82) is 0 Å². The van der Waals surface area contributed by atoms with E-state index in [0.717, 1.165) is 31.7 Å². The molecule has 0 aromatic carbocycles. The molecule has 1 aliphatic heterocycles. The van der Waals surface area contributed by atoms with Crippen molar-refractivity contribution in [2.75, 3.05) is 19.8 Å². The summed E-state index contributed by atoms with van der Waals surface area (Å²) in [4.78, 5) is 14.6. The second-order valence-corrected chi connectivity index (χ2v) is 4.71. The SMILES string of the molecule is CCOC(=O)c1[nH]c(CCC2OCCCO2)cc1Cl. The first-order valence-corrected chi connectivity index (χ1v) is 6.86. The van der Waals surface area contributed by atoms with Crippen LogP contribution in [0.4, 0.5) is 0 Å². The fraction of sp³-hybridized carbons (Fsp3) is 0.615. The summed E-state index contributed by atoms with van der Waals surface area (Å²) >= 11 is 6.00. The molecule has 0 spiro atoms. The van der Waals surface area contributed by atoms with Crippen LogP contribution in [0.25, 0.3) is 0 Å². The van der Waals surface area contributed by atoms with Crippen LogP contribution in [0, 0.1) is 0 Å². The van der Waals surface area contributed by atoms with E-state index in [4.69, 9.17) is 25.8 Å². The molecule has 0 saturated carbocycles. The van der Waals surface area contributed by atoms with Gasteiger partial charge in [0.05, 0.1) is 24.8 Å². The van der Waals surface area contributed by atoms with Crippen LogP contribution in [0.15, 0.2) is 6.07 Å². The highest BCUT2D eigenvalue weighted by atomic mass is 35.5. The van der Waals surface area contributed by atoms with Gasteiger partial charge >= 0.3 is 5.97 Å². The number of carbonyl (C=O) groups is 1. The maximum absolute atomic E-state index is 11.6. The van der Waals surface area contributed by atoms with E-state index >= 15 is 0 Å². The van der Waals surface area contributed by atoms with Gasteiger partial charge in [0.15, 0.2) is 6.29 Å². The van der Waals surface area contributed by atoms with Crippen molar-refractivity contribution in [3.8, 4) is 0 Å². The zero-order valence-corrected chi connectivity index (χ0v) is 11.7. The number of H-pyrrole nitrogens is 1. The largest absolute Gasteiger partial charge is 0.461 e. The Morgan fingerprint density at radius 1 is 1.53 bits per heavy atom. The zero-order chi connectivity index (χ0) is 13.7. The average Bonchev–Trinajstić information content (AvgIpc) is 2.79. The number of rotatable bonds is 5. The number of aromatic nitrogens is 1. The second-order valence-electron chi connectivity index (χ2n) is 4.30. The fourth-order valence-corrected chi connectivity index (χ4v) is 2.20. The number of esters is 1. The number of hydrogen-bond donors (Lipinski definition) is 1. The molecule has 0 atom stereocenters. The molecule has 6 heteroatoms. The molecule has 2 heterocycles. The molecule has 1 aromatic rings. The van der Waals surface area contributed by atoms with E-state index in [2.05, 4.69) is 4.98 Å². The highest BCUT2D eigenvalue weighted by Gasteiger charge is 2.18. The molecule has 19 heavy (non-hydrogen) atoms. The van der Waals surface area contributed by atoms with Gasteiger partial charge in [0, 0.05) is 12.1 Å². The number of carbonyl (C=O) groups excluding carboxylic acids is 1. The summed E-state index contributed by atoms with van der Waals surface area (Å²) in [5.74, 6) is -0.427. The second kappa shape index (κ2) is 6.93. The Labute approximate surface area is 117 Å². The van der Waals surface area contributed by atoms with Crippen LogP contribution in [-0.4, -0.2) is 37.1 Å². The number of halogens is 1. The molecular formula is C13H18ClNO4. The molecule has 0 aliphatic carbocycles. The first-order chi connectivity index (χ1) is 9.20. The van der Waals surface area contributed by atoms with Gasteiger partial charge in [-0.1, -0.05) is 11.6 Å². The molecule has 0 bridgehead atoms. The van der Waals surface area contributed by atoms with Crippen molar-refractivity contribution >= 4 is 17.6 Å². The van der Waals surface area contributed by atoms with E-state index < -0.39 is 5.97 Å². The Hall–Kier alpha value is -1.04. The van der Waals surface area contributed by atoms with Crippen molar-refractivity contribution in [2.24, 2.45) is 0 Å². The standard InChI is InChI=1S/C13H18ClNO4/c1-2-17-13(16)12-10(14)8-9(15-12)4-5-11-18-6-3-7-19-11/h8,11,15H,2-7H2,1H3. The molecule has 0 radical (unpaired) electrons. The Morgan fingerprint density at radius 3 is 2.95 bits per heavy atom. The Kier molecular flexibility index (Phi) is 5.24. The molecule has 106 valence electrons. The van der Waals surface area contributed by atoms with Crippen molar-refractivity contribution in [3.63, 3.8) is 0 Å². The quantitative estimate of drug-likeness (QED) is 0.846. The third-order valence-corrected chi connectivity index (χ3v) is 3.15. The van der Waals surface area contributed by atoms with E-state index in [1.807, 2.05) is 0 Å². The van der Waals surface area contributed by atoms with Gasteiger partial charge in [0.1, 0.15) is 5.69 Å². The molecule has 1 aliphatic rings. The highest BCUT2D eigenvalue weighted by Crippen LogP contribution is 2.20. The normalized spacial score (nSPS) is 16.5. The molecule has 1 fully saturated rings. The minimum atomic E-state index is -0.427. The summed E-state index contributed by atoms with van der Waals surface area (Å²) in [6.45, 7) is 3.56. The Balaban J connectivity index is 1.90. The van der Waals surface area contributed by atoms with Gasteiger partial charge in [0.25, 0.3) is 0 Å². The molecule has 5 nitrogen and oxygen atoms in total. The Bertz CT molecular complexity index is 426. The number of aryl methyl sites for hydroxylation is 1. The molecule has 0 unspecified atom stereocenters. The third kappa shape index (κ3) is 3.96. The van der Waals surface area contributed by atoms with Crippen molar-refractivity contribution in [1.82, 2.24) is 4.98 Å². The van der Waals surface area contributed by atoms with Crippen LogP contribution in [0.5, 0.6) is 0 Å². The lowest BCUT2D eigenvalue weighted by Crippen LogP contribution is -2.25. The number of aromatic amines is 1. The Morgan fingerprint density at radius 2 is 2.26 bits per heavy atom. The van der Waals surface area contributed by atoms with Crippen molar-refractivity contribution in [2.45, 2.75) is 32.5 Å². The van der Waals surface area contributed by atoms with E-state index in [1.54, 1.807) is 13.0 Å². The topological polar surface area (TPSA) is 60.6 Å². The van der Waals surface area contributed by atoms with Crippen LogP contribution < -0.4 is 0 Å². The average molecular weight is 288 g/mol. The van der Waals surface area contributed by atoms with E-state index in [-0.39, 0.29) is 6.29 Å². The van der Waals surface area contributed by atoms with Crippen LogP contribution in [0.2, 0.25) is 5.02 Å². The summed E-state index contributed by atoms with van der Waals surface area (Å²) < 4.78 is 15.8. The first kappa shape index (κ1) is 14.4. The van der Waals surface area contributed by atoms with Gasteiger partial charge in [-0.2, -0.15) is 0 Å². The van der Waals surface area contributed by atoms with Crippen LogP contribution in [0.1, 0.15) is 35.9 Å². The van der Waals surface area contributed by atoms with E-state index in [1.165, 1.54) is 0 Å². The monoisotopic (exact) mass is 287 g/mol. The van der Waals surface area contributed by atoms with E-state index in [0.29, 0.717) is 23.7 Å². The number of nitrogens with one attached hydrogen (secondary N) is 1. The molecular weight excluding hydrogens is 270 g/mol. The molecule has 1 N–H and O–H groups in total. The maximum Gasteiger partial charge on any atom is 0.356 e. The van der Waals surface area contributed by atoms with Gasteiger partial charge in [-0.05, 0) is 25.8 Å². The van der Waals surface area contributed by atoms with Gasteiger partial charge in [-0.25, -0.2) is 4.79 Å². The maximum atomic E-state index is 11.6. The van der Waals surface area contributed by atoms with Gasteiger partial charge in [0.2, 0.25) is 0 Å². The predicted octanol–water partition coefficient (Wildman–Crippen LogP) is 2.54. The lowest BCUT2D eigenvalue weighted by Gasteiger charge is -2.22.